The van der Waals surface area contributed by atoms with E-state index in [1.807, 2.05) is 84.9 Å². The number of oxime groups is 1. The highest BCUT2D eigenvalue weighted by molar-refractivity contribution is 6.31. The van der Waals surface area contributed by atoms with Gasteiger partial charge >= 0.3 is 5.97 Å². The van der Waals surface area contributed by atoms with Gasteiger partial charge in [-0.3, -0.25) is 0 Å². The van der Waals surface area contributed by atoms with E-state index in [0.29, 0.717) is 17.9 Å². The summed E-state index contributed by atoms with van der Waals surface area (Å²) in [6.45, 7) is 0.486. The lowest BCUT2D eigenvalue weighted by Crippen LogP contribution is -2.06. The fourth-order valence-corrected chi connectivity index (χ4v) is 2.82. The van der Waals surface area contributed by atoms with Gasteiger partial charge in [-0.05, 0) is 29.3 Å². The van der Waals surface area contributed by atoms with Crippen molar-refractivity contribution in [2.45, 2.75) is 6.61 Å². The van der Waals surface area contributed by atoms with E-state index >= 15 is 0 Å². The van der Waals surface area contributed by atoms with Crippen molar-refractivity contribution in [3.05, 3.63) is 107 Å². The summed E-state index contributed by atoms with van der Waals surface area (Å²) >= 11 is 0. The summed E-state index contributed by atoms with van der Waals surface area (Å²) in [5.74, 6) is 0.280. The maximum absolute atomic E-state index is 12.1. The van der Waals surface area contributed by atoms with Gasteiger partial charge in [-0.1, -0.05) is 78.0 Å². The van der Waals surface area contributed by atoms with Gasteiger partial charge in [0, 0.05) is 5.56 Å². The molecule has 4 heteroatoms. The molecule has 1 aliphatic rings. The van der Waals surface area contributed by atoms with Crippen LogP contribution in [0.4, 0.5) is 0 Å². The third-order valence-corrected chi connectivity index (χ3v) is 4.16. The summed E-state index contributed by atoms with van der Waals surface area (Å²) in [4.78, 5) is 17.0. The smallest absolute Gasteiger partial charge is 0.368 e. The molecule has 0 bridgehead atoms. The van der Waals surface area contributed by atoms with Crippen molar-refractivity contribution in [1.29, 1.82) is 0 Å². The van der Waals surface area contributed by atoms with Gasteiger partial charge < -0.3 is 9.57 Å². The molecule has 0 unspecified atom stereocenters. The Balaban J connectivity index is 1.56. The average molecular weight is 355 g/mol. The zero-order valence-corrected chi connectivity index (χ0v) is 14.5. The van der Waals surface area contributed by atoms with Crippen molar-refractivity contribution < 1.29 is 14.4 Å². The molecule has 132 valence electrons. The summed E-state index contributed by atoms with van der Waals surface area (Å²) in [5, 5.41) is 3.93. The Bertz CT molecular complexity index is 1010. The van der Waals surface area contributed by atoms with Crippen molar-refractivity contribution in [3.8, 4) is 5.75 Å². The third kappa shape index (κ3) is 3.96. The minimum Gasteiger partial charge on any atom is -0.489 e. The number of benzene rings is 3. The fourth-order valence-electron chi connectivity index (χ4n) is 2.82. The Morgan fingerprint density at radius 2 is 1.63 bits per heavy atom. The van der Waals surface area contributed by atoms with E-state index in [1.54, 1.807) is 6.08 Å². The monoisotopic (exact) mass is 355 g/mol. The fraction of sp³-hybridized carbons (Fsp3) is 0.0435. The van der Waals surface area contributed by atoms with E-state index in [4.69, 9.17) is 9.57 Å². The Morgan fingerprint density at radius 3 is 2.41 bits per heavy atom. The molecule has 4 rings (SSSR count). The Kier molecular flexibility index (Phi) is 4.79. The number of carbonyl (C=O) groups is 1. The number of ether oxygens (including phenoxy) is 1. The minimum atomic E-state index is -0.454. The number of hydrogen-bond acceptors (Lipinski definition) is 4. The van der Waals surface area contributed by atoms with Crippen LogP contribution in [0.3, 0.4) is 0 Å². The van der Waals surface area contributed by atoms with Gasteiger partial charge in [0.15, 0.2) is 0 Å². The van der Waals surface area contributed by atoms with Crippen molar-refractivity contribution in [1.82, 2.24) is 0 Å². The van der Waals surface area contributed by atoms with E-state index in [2.05, 4.69) is 5.16 Å². The number of hydrogen-bond donors (Lipinski definition) is 0. The molecule has 0 atom stereocenters. The molecule has 1 heterocycles. The van der Waals surface area contributed by atoms with Crippen molar-refractivity contribution >= 4 is 17.8 Å². The van der Waals surface area contributed by atoms with Crippen LogP contribution >= 0.6 is 0 Å². The lowest BCUT2D eigenvalue weighted by Gasteiger charge is -2.07. The summed E-state index contributed by atoms with van der Waals surface area (Å²) in [6, 6.07) is 27.1. The van der Waals surface area contributed by atoms with E-state index in [0.717, 1.165) is 22.4 Å². The number of nitrogens with zero attached hydrogens (tertiary/aromatic N) is 1. The summed E-state index contributed by atoms with van der Waals surface area (Å²) in [7, 11) is 0. The molecular formula is C23H17NO3. The topological polar surface area (TPSA) is 47.9 Å². The summed E-state index contributed by atoms with van der Waals surface area (Å²) < 4.78 is 5.86. The van der Waals surface area contributed by atoms with Crippen LogP contribution in [0.1, 0.15) is 16.7 Å². The zero-order chi connectivity index (χ0) is 18.5. The highest BCUT2D eigenvalue weighted by atomic mass is 16.7. The molecule has 0 fully saturated rings. The van der Waals surface area contributed by atoms with Gasteiger partial charge in [0.1, 0.15) is 18.1 Å². The predicted molar refractivity (Wildman–Crippen MR) is 104 cm³/mol. The number of rotatable bonds is 5. The molecule has 0 spiro atoms. The van der Waals surface area contributed by atoms with Gasteiger partial charge in [-0.2, -0.15) is 0 Å². The molecule has 0 saturated carbocycles. The SMILES string of the molecule is O=C1ON=C(c2ccccc2)/C1=C/c1cccc(OCc2ccccc2)c1. The molecule has 0 amide bonds. The normalized spacial score (nSPS) is 14.7. The maximum atomic E-state index is 12.1. The minimum absolute atomic E-state index is 0.432. The second-order valence-electron chi connectivity index (χ2n) is 6.09. The lowest BCUT2D eigenvalue weighted by atomic mass is 10.0. The van der Waals surface area contributed by atoms with Gasteiger partial charge in [0.2, 0.25) is 0 Å². The highest BCUT2D eigenvalue weighted by Gasteiger charge is 2.26. The second-order valence-corrected chi connectivity index (χ2v) is 6.09. The van der Waals surface area contributed by atoms with Crippen molar-refractivity contribution in [2.75, 3.05) is 0 Å². The Labute approximate surface area is 157 Å². The van der Waals surface area contributed by atoms with E-state index in [9.17, 15) is 4.79 Å². The predicted octanol–water partition coefficient (Wildman–Crippen LogP) is 4.61. The van der Waals surface area contributed by atoms with E-state index in [-0.39, 0.29) is 0 Å². The first-order valence-corrected chi connectivity index (χ1v) is 8.63. The lowest BCUT2D eigenvalue weighted by molar-refractivity contribution is -0.136. The maximum Gasteiger partial charge on any atom is 0.368 e. The van der Waals surface area contributed by atoms with Gasteiger partial charge in [0.05, 0.1) is 5.57 Å². The van der Waals surface area contributed by atoms with E-state index in [1.165, 1.54) is 0 Å². The standard InChI is InChI=1S/C23H17NO3/c25-23-21(22(24-27-23)19-11-5-2-6-12-19)15-18-10-7-13-20(14-18)26-16-17-8-3-1-4-9-17/h1-15H,16H2/b21-15-. The molecule has 0 N–H and O–H groups in total. The van der Waals surface area contributed by atoms with Gasteiger partial charge in [-0.15, -0.1) is 0 Å². The zero-order valence-electron chi connectivity index (χ0n) is 14.5. The molecule has 4 nitrogen and oxygen atoms in total. The third-order valence-electron chi connectivity index (χ3n) is 4.16. The Morgan fingerprint density at radius 1 is 0.889 bits per heavy atom. The Hall–Kier alpha value is -3.66. The van der Waals surface area contributed by atoms with Crippen LogP contribution in [0.15, 0.2) is 95.7 Å². The molecule has 1 aliphatic heterocycles. The highest BCUT2D eigenvalue weighted by Crippen LogP contribution is 2.23. The molecule has 3 aromatic rings. The van der Waals surface area contributed by atoms with Gasteiger partial charge in [0.25, 0.3) is 0 Å². The summed E-state index contributed by atoms with van der Waals surface area (Å²) in [6.07, 6.45) is 1.77. The van der Waals surface area contributed by atoms with Crippen molar-refractivity contribution in [3.63, 3.8) is 0 Å². The van der Waals surface area contributed by atoms with Crippen LogP contribution in [0.25, 0.3) is 6.08 Å². The van der Waals surface area contributed by atoms with Crippen LogP contribution in [0, 0.1) is 0 Å². The first kappa shape index (κ1) is 16.8. The van der Waals surface area contributed by atoms with Crippen LogP contribution in [-0.2, 0) is 16.2 Å². The molecular weight excluding hydrogens is 338 g/mol. The molecule has 0 saturated heterocycles. The van der Waals surface area contributed by atoms with Crippen LogP contribution in [-0.4, -0.2) is 11.7 Å². The molecule has 0 aromatic heterocycles. The number of carbonyl (C=O) groups excluding carboxylic acids is 1. The molecule has 3 aromatic carbocycles. The first-order chi connectivity index (χ1) is 13.3. The van der Waals surface area contributed by atoms with E-state index < -0.39 is 5.97 Å². The molecule has 27 heavy (non-hydrogen) atoms. The van der Waals surface area contributed by atoms with Gasteiger partial charge in [-0.25, -0.2) is 4.79 Å². The average Bonchev–Trinajstić information content (AvgIpc) is 3.08. The van der Waals surface area contributed by atoms with Crippen molar-refractivity contribution in [2.24, 2.45) is 5.16 Å². The van der Waals surface area contributed by atoms with Crippen LogP contribution in [0.2, 0.25) is 0 Å². The van der Waals surface area contributed by atoms with Crippen LogP contribution in [0.5, 0.6) is 5.75 Å². The molecule has 0 radical (unpaired) electrons. The van der Waals surface area contributed by atoms with Crippen LogP contribution < -0.4 is 4.74 Å². The quantitative estimate of drug-likeness (QED) is 0.496. The second kappa shape index (κ2) is 7.70. The first-order valence-electron chi connectivity index (χ1n) is 8.63. The largest absolute Gasteiger partial charge is 0.489 e. The molecule has 0 aliphatic carbocycles. The summed E-state index contributed by atoms with van der Waals surface area (Å²) in [5.41, 5.74) is 3.75.